The van der Waals surface area contributed by atoms with E-state index in [1.165, 1.54) is 6.07 Å². The first kappa shape index (κ1) is 27.4. The van der Waals surface area contributed by atoms with Gasteiger partial charge in [0.05, 0.1) is 11.1 Å². The van der Waals surface area contributed by atoms with Crippen molar-refractivity contribution in [2.75, 3.05) is 11.9 Å². The molecule has 1 aliphatic rings. The van der Waals surface area contributed by atoms with Gasteiger partial charge in [0.15, 0.2) is 6.61 Å². The fourth-order valence-electron chi connectivity index (χ4n) is 5.08. The first-order chi connectivity index (χ1) is 17.2. The van der Waals surface area contributed by atoms with Gasteiger partial charge in [-0.1, -0.05) is 71.4 Å². The van der Waals surface area contributed by atoms with Gasteiger partial charge in [-0.2, -0.15) is 0 Å². The van der Waals surface area contributed by atoms with Gasteiger partial charge in [0.1, 0.15) is 6.10 Å². The van der Waals surface area contributed by atoms with Crippen molar-refractivity contribution >= 4 is 23.5 Å². The van der Waals surface area contributed by atoms with Crippen molar-refractivity contribution in [3.8, 4) is 0 Å². The standard InChI is InChI=1S/C30H39NO5/c1-6-21-11-10-12-22(7-2)28(21)31-27(32)18-35-29(33)24-13-8-9-14-25(24)30(34)36-26-17-20(5)15-16-23(26)19(3)4/h8-14,19-20,23,26H,6-7,15-18H2,1-5H3,(H,31,32)/t20-,23-,26-/m1/s1. The highest BCUT2D eigenvalue weighted by Gasteiger charge is 2.34. The van der Waals surface area contributed by atoms with Crippen molar-refractivity contribution in [3.63, 3.8) is 0 Å². The van der Waals surface area contributed by atoms with E-state index in [-0.39, 0.29) is 17.2 Å². The molecule has 36 heavy (non-hydrogen) atoms. The molecule has 3 atom stereocenters. The number of nitrogens with one attached hydrogen (secondary N) is 1. The molecule has 1 amide bonds. The Bertz CT molecular complexity index is 1050. The van der Waals surface area contributed by atoms with Crippen LogP contribution in [-0.2, 0) is 27.1 Å². The molecule has 1 aliphatic carbocycles. The monoisotopic (exact) mass is 493 g/mol. The molecule has 0 bridgehead atoms. The maximum absolute atomic E-state index is 13.1. The molecule has 2 aromatic rings. The Labute approximate surface area is 214 Å². The molecule has 0 heterocycles. The average Bonchev–Trinajstić information content (AvgIpc) is 2.87. The quantitative estimate of drug-likeness (QED) is 0.419. The fourth-order valence-corrected chi connectivity index (χ4v) is 5.08. The fraction of sp³-hybridized carbons (Fsp3) is 0.500. The number of carbonyl (C=O) groups excluding carboxylic acids is 3. The zero-order valence-corrected chi connectivity index (χ0v) is 22.1. The molecule has 0 aromatic heterocycles. The summed E-state index contributed by atoms with van der Waals surface area (Å²) < 4.78 is 11.2. The van der Waals surface area contributed by atoms with Gasteiger partial charge in [-0.25, -0.2) is 9.59 Å². The molecule has 194 valence electrons. The van der Waals surface area contributed by atoms with Gasteiger partial charge in [-0.05, 0) is 66.7 Å². The Balaban J connectivity index is 1.67. The molecular formula is C30H39NO5. The van der Waals surface area contributed by atoms with Crippen LogP contribution in [0.3, 0.4) is 0 Å². The van der Waals surface area contributed by atoms with Crippen molar-refractivity contribution < 1.29 is 23.9 Å². The topological polar surface area (TPSA) is 81.7 Å². The minimum absolute atomic E-state index is 0.100. The first-order valence-corrected chi connectivity index (χ1v) is 13.1. The number of ether oxygens (including phenoxy) is 2. The molecule has 0 spiro atoms. The number of anilines is 1. The lowest BCUT2D eigenvalue weighted by atomic mass is 9.75. The highest BCUT2D eigenvalue weighted by molar-refractivity contribution is 6.04. The summed E-state index contributed by atoms with van der Waals surface area (Å²) in [6.45, 7) is 10.1. The van der Waals surface area contributed by atoms with Crippen LogP contribution in [0.15, 0.2) is 42.5 Å². The smallest absolute Gasteiger partial charge is 0.339 e. The number of amides is 1. The van der Waals surface area contributed by atoms with Crippen LogP contribution in [0.2, 0.25) is 0 Å². The Hall–Kier alpha value is -3.15. The summed E-state index contributed by atoms with van der Waals surface area (Å²) in [6, 6.07) is 12.4. The number of carbonyl (C=O) groups is 3. The third kappa shape index (κ3) is 6.74. The molecule has 0 aliphatic heterocycles. The molecule has 0 radical (unpaired) electrons. The Morgan fingerprint density at radius 3 is 2.11 bits per heavy atom. The number of esters is 2. The highest BCUT2D eigenvalue weighted by Crippen LogP contribution is 2.36. The maximum atomic E-state index is 13.1. The number of aryl methyl sites for hydroxylation is 2. The summed E-state index contributed by atoms with van der Waals surface area (Å²) in [4.78, 5) is 38.6. The molecule has 1 saturated carbocycles. The minimum Gasteiger partial charge on any atom is -0.458 e. The maximum Gasteiger partial charge on any atom is 0.339 e. The van der Waals surface area contributed by atoms with Crippen molar-refractivity contribution in [2.45, 2.75) is 72.8 Å². The van der Waals surface area contributed by atoms with Crippen molar-refractivity contribution in [1.82, 2.24) is 0 Å². The Morgan fingerprint density at radius 2 is 1.53 bits per heavy atom. The van der Waals surface area contributed by atoms with Crippen LogP contribution in [-0.4, -0.2) is 30.6 Å². The third-order valence-corrected chi connectivity index (χ3v) is 7.18. The number of hydrogen-bond donors (Lipinski definition) is 1. The number of benzene rings is 2. The third-order valence-electron chi connectivity index (χ3n) is 7.18. The van der Waals surface area contributed by atoms with E-state index in [4.69, 9.17) is 9.47 Å². The lowest BCUT2D eigenvalue weighted by Crippen LogP contribution is -2.36. The average molecular weight is 494 g/mol. The van der Waals surface area contributed by atoms with E-state index in [0.29, 0.717) is 17.8 Å². The second-order valence-corrected chi connectivity index (χ2v) is 10.1. The van der Waals surface area contributed by atoms with Crippen LogP contribution in [0.1, 0.15) is 85.7 Å². The summed E-state index contributed by atoms with van der Waals surface area (Å²) in [6.07, 6.45) is 4.34. The summed E-state index contributed by atoms with van der Waals surface area (Å²) in [5.74, 6) is -0.486. The zero-order valence-electron chi connectivity index (χ0n) is 22.1. The number of hydrogen-bond acceptors (Lipinski definition) is 5. The highest BCUT2D eigenvalue weighted by atomic mass is 16.5. The zero-order chi connectivity index (χ0) is 26.2. The van der Waals surface area contributed by atoms with Crippen LogP contribution in [0.5, 0.6) is 0 Å². The lowest BCUT2D eigenvalue weighted by Gasteiger charge is -2.36. The van der Waals surface area contributed by atoms with Crippen LogP contribution in [0, 0.1) is 17.8 Å². The molecule has 6 heteroatoms. The van der Waals surface area contributed by atoms with Crippen LogP contribution >= 0.6 is 0 Å². The van der Waals surface area contributed by atoms with E-state index < -0.39 is 24.5 Å². The Kier molecular flexibility index (Phi) is 9.68. The number of rotatable bonds is 9. The number of para-hydroxylation sites is 1. The van der Waals surface area contributed by atoms with Gasteiger partial charge in [-0.15, -0.1) is 0 Å². The summed E-state index contributed by atoms with van der Waals surface area (Å²) in [7, 11) is 0. The molecule has 0 unspecified atom stereocenters. The van der Waals surface area contributed by atoms with Crippen LogP contribution < -0.4 is 5.32 Å². The van der Waals surface area contributed by atoms with Gasteiger partial charge in [0.2, 0.25) is 0 Å². The minimum atomic E-state index is -0.727. The van der Waals surface area contributed by atoms with Gasteiger partial charge in [-0.3, -0.25) is 4.79 Å². The van der Waals surface area contributed by atoms with Crippen molar-refractivity contribution in [1.29, 1.82) is 0 Å². The van der Waals surface area contributed by atoms with E-state index in [9.17, 15) is 14.4 Å². The second-order valence-electron chi connectivity index (χ2n) is 10.1. The molecular weight excluding hydrogens is 454 g/mol. The largest absolute Gasteiger partial charge is 0.458 e. The van der Waals surface area contributed by atoms with E-state index >= 15 is 0 Å². The summed E-state index contributed by atoms with van der Waals surface area (Å²) >= 11 is 0. The van der Waals surface area contributed by atoms with E-state index in [1.807, 2.05) is 32.0 Å². The second kappa shape index (κ2) is 12.7. The van der Waals surface area contributed by atoms with E-state index in [2.05, 4.69) is 26.1 Å². The van der Waals surface area contributed by atoms with Gasteiger partial charge >= 0.3 is 11.9 Å². The molecule has 2 aromatic carbocycles. The normalized spacial score (nSPS) is 19.6. The Morgan fingerprint density at radius 1 is 0.917 bits per heavy atom. The van der Waals surface area contributed by atoms with Gasteiger partial charge < -0.3 is 14.8 Å². The summed E-state index contributed by atoms with van der Waals surface area (Å²) in [5, 5.41) is 2.89. The van der Waals surface area contributed by atoms with Crippen LogP contribution in [0.4, 0.5) is 5.69 Å². The molecule has 1 N–H and O–H groups in total. The predicted octanol–water partition coefficient (Wildman–Crippen LogP) is 6.22. The SMILES string of the molecule is CCc1cccc(CC)c1NC(=O)COC(=O)c1ccccc1C(=O)O[C@@H]1C[C@H](C)CC[C@@H]1C(C)C. The molecule has 0 saturated heterocycles. The first-order valence-electron chi connectivity index (χ1n) is 13.1. The van der Waals surface area contributed by atoms with Crippen LogP contribution in [0.25, 0.3) is 0 Å². The predicted molar refractivity (Wildman–Crippen MR) is 141 cm³/mol. The van der Waals surface area contributed by atoms with E-state index in [0.717, 1.165) is 48.9 Å². The van der Waals surface area contributed by atoms with Crippen molar-refractivity contribution in [2.24, 2.45) is 17.8 Å². The van der Waals surface area contributed by atoms with E-state index in [1.54, 1.807) is 18.2 Å². The van der Waals surface area contributed by atoms with Gasteiger partial charge in [0.25, 0.3) is 5.91 Å². The molecule has 1 fully saturated rings. The van der Waals surface area contributed by atoms with Crippen molar-refractivity contribution in [3.05, 3.63) is 64.7 Å². The molecule has 3 rings (SSSR count). The summed E-state index contributed by atoms with van der Waals surface area (Å²) in [5.41, 5.74) is 3.09. The lowest BCUT2D eigenvalue weighted by molar-refractivity contribution is -0.119. The molecule has 6 nitrogen and oxygen atoms in total. The van der Waals surface area contributed by atoms with Gasteiger partial charge in [0, 0.05) is 5.69 Å².